The summed E-state index contributed by atoms with van der Waals surface area (Å²) in [5, 5.41) is 2.13. The number of halogens is 1. The van der Waals surface area contributed by atoms with Gasteiger partial charge in [-0.05, 0) is 70.5 Å². The lowest BCUT2D eigenvalue weighted by molar-refractivity contribution is -0.127. The maximum Gasteiger partial charge on any atom is 0.294 e. The molecule has 0 radical (unpaired) electrons. The second kappa shape index (κ2) is 10.9. The Morgan fingerprint density at radius 3 is 2.80 bits per heavy atom. The van der Waals surface area contributed by atoms with Crippen LogP contribution in [0.1, 0.15) is 12.5 Å². The zero-order valence-corrected chi connectivity index (χ0v) is 21.1. The SMILES string of the molecule is C=CCOc1c(Br)cc(/C=C2/SC(=O)N(CC(=O)Nc3ccc4c(c3)OCO4)C2=O)cc1OCC. The molecule has 1 saturated heterocycles. The fourth-order valence-corrected chi connectivity index (χ4v) is 4.74. The van der Waals surface area contributed by atoms with Gasteiger partial charge in [0.05, 0.1) is 16.0 Å². The van der Waals surface area contributed by atoms with Crippen molar-refractivity contribution in [1.29, 1.82) is 0 Å². The third kappa shape index (κ3) is 5.63. The summed E-state index contributed by atoms with van der Waals surface area (Å²) in [4.78, 5) is 39.0. The second-order valence-electron chi connectivity index (χ2n) is 7.25. The van der Waals surface area contributed by atoms with Gasteiger partial charge in [-0.15, -0.1) is 0 Å². The number of carbonyl (C=O) groups excluding carboxylic acids is 3. The molecular weight excluding hydrogens is 540 g/mol. The number of nitrogens with one attached hydrogen (secondary N) is 1. The summed E-state index contributed by atoms with van der Waals surface area (Å²) in [6.45, 7) is 5.89. The second-order valence-corrected chi connectivity index (χ2v) is 9.09. The third-order valence-electron chi connectivity index (χ3n) is 4.81. The lowest BCUT2D eigenvalue weighted by atomic mass is 10.2. The van der Waals surface area contributed by atoms with E-state index in [1.165, 1.54) is 0 Å². The van der Waals surface area contributed by atoms with E-state index >= 15 is 0 Å². The molecule has 2 aliphatic heterocycles. The first-order valence-electron chi connectivity index (χ1n) is 10.5. The quantitative estimate of drug-likeness (QED) is 0.344. The van der Waals surface area contributed by atoms with Crippen LogP contribution in [0.5, 0.6) is 23.0 Å². The lowest BCUT2D eigenvalue weighted by Gasteiger charge is -2.14. The van der Waals surface area contributed by atoms with Gasteiger partial charge in [-0.2, -0.15) is 0 Å². The van der Waals surface area contributed by atoms with Gasteiger partial charge in [0.2, 0.25) is 12.7 Å². The van der Waals surface area contributed by atoms with E-state index in [-0.39, 0.29) is 11.7 Å². The molecule has 4 rings (SSSR count). The maximum absolute atomic E-state index is 12.9. The highest BCUT2D eigenvalue weighted by Gasteiger charge is 2.36. The Morgan fingerprint density at radius 2 is 2.03 bits per heavy atom. The van der Waals surface area contributed by atoms with Crippen molar-refractivity contribution in [3.8, 4) is 23.0 Å². The van der Waals surface area contributed by atoms with Crippen LogP contribution in [-0.4, -0.2) is 48.5 Å². The Morgan fingerprint density at radius 1 is 1.23 bits per heavy atom. The normalized spacial score (nSPS) is 15.5. The molecule has 0 spiro atoms. The number of thioether (sulfide) groups is 1. The highest BCUT2D eigenvalue weighted by molar-refractivity contribution is 9.10. The number of anilines is 1. The van der Waals surface area contributed by atoms with Crippen LogP contribution in [0, 0.1) is 0 Å². The average Bonchev–Trinajstić information content (AvgIpc) is 3.38. The molecule has 0 aliphatic carbocycles. The molecule has 2 aromatic rings. The van der Waals surface area contributed by atoms with Crippen molar-refractivity contribution in [3.63, 3.8) is 0 Å². The molecule has 182 valence electrons. The predicted octanol–water partition coefficient (Wildman–Crippen LogP) is 4.82. The van der Waals surface area contributed by atoms with Crippen molar-refractivity contribution in [2.24, 2.45) is 0 Å². The molecule has 35 heavy (non-hydrogen) atoms. The van der Waals surface area contributed by atoms with E-state index in [1.54, 1.807) is 42.5 Å². The van der Waals surface area contributed by atoms with E-state index in [9.17, 15) is 14.4 Å². The summed E-state index contributed by atoms with van der Waals surface area (Å²) >= 11 is 4.23. The molecule has 1 N–H and O–H groups in total. The molecule has 0 atom stereocenters. The summed E-state index contributed by atoms with van der Waals surface area (Å²) in [7, 11) is 0. The number of hydrogen-bond acceptors (Lipinski definition) is 8. The Bertz CT molecular complexity index is 1230. The number of imide groups is 1. The molecule has 11 heteroatoms. The summed E-state index contributed by atoms with van der Waals surface area (Å²) < 4.78 is 22.5. The van der Waals surface area contributed by atoms with Crippen molar-refractivity contribution >= 4 is 56.5 Å². The first-order chi connectivity index (χ1) is 16.9. The molecule has 2 aromatic carbocycles. The van der Waals surface area contributed by atoms with Crippen LogP contribution in [0.25, 0.3) is 6.08 Å². The molecule has 2 aliphatic rings. The highest BCUT2D eigenvalue weighted by Crippen LogP contribution is 2.39. The van der Waals surface area contributed by atoms with Crippen LogP contribution in [0.3, 0.4) is 0 Å². The Balaban J connectivity index is 1.47. The van der Waals surface area contributed by atoms with Gasteiger partial charge in [-0.3, -0.25) is 19.3 Å². The van der Waals surface area contributed by atoms with Gasteiger partial charge in [-0.1, -0.05) is 12.7 Å². The molecule has 2 heterocycles. The topological polar surface area (TPSA) is 103 Å². The number of benzene rings is 2. The first kappa shape index (κ1) is 24.7. The molecule has 3 amide bonds. The van der Waals surface area contributed by atoms with Crippen LogP contribution >= 0.6 is 27.7 Å². The zero-order valence-electron chi connectivity index (χ0n) is 18.7. The summed E-state index contributed by atoms with van der Waals surface area (Å²) in [5.74, 6) is 1.02. The van der Waals surface area contributed by atoms with E-state index in [2.05, 4.69) is 27.8 Å². The lowest BCUT2D eigenvalue weighted by Crippen LogP contribution is -2.36. The van der Waals surface area contributed by atoms with E-state index in [0.29, 0.717) is 51.9 Å². The molecule has 0 aromatic heterocycles. The van der Waals surface area contributed by atoms with Crippen LogP contribution in [0.15, 0.2) is 52.4 Å². The molecule has 0 bridgehead atoms. The minimum Gasteiger partial charge on any atom is -0.490 e. The van der Waals surface area contributed by atoms with E-state index < -0.39 is 23.6 Å². The highest BCUT2D eigenvalue weighted by atomic mass is 79.9. The fraction of sp³-hybridized carbons (Fsp3) is 0.208. The molecule has 1 fully saturated rings. The van der Waals surface area contributed by atoms with Crippen LogP contribution in [0.4, 0.5) is 10.5 Å². The van der Waals surface area contributed by atoms with Crippen molar-refractivity contribution in [2.45, 2.75) is 6.92 Å². The van der Waals surface area contributed by atoms with Crippen molar-refractivity contribution in [2.75, 3.05) is 31.9 Å². The van der Waals surface area contributed by atoms with Crippen molar-refractivity contribution < 1.29 is 33.3 Å². The van der Waals surface area contributed by atoms with Gasteiger partial charge < -0.3 is 24.3 Å². The van der Waals surface area contributed by atoms with Gasteiger partial charge in [0.1, 0.15) is 13.2 Å². The van der Waals surface area contributed by atoms with Gasteiger partial charge in [0, 0.05) is 11.8 Å². The van der Waals surface area contributed by atoms with Gasteiger partial charge in [0.25, 0.3) is 11.1 Å². The van der Waals surface area contributed by atoms with E-state index in [4.69, 9.17) is 18.9 Å². The van der Waals surface area contributed by atoms with Crippen LogP contribution in [0.2, 0.25) is 0 Å². The summed E-state index contributed by atoms with van der Waals surface area (Å²) in [6.07, 6.45) is 3.19. The largest absolute Gasteiger partial charge is 0.490 e. The number of nitrogens with zero attached hydrogens (tertiary/aromatic N) is 1. The third-order valence-corrected chi connectivity index (χ3v) is 6.30. The molecular formula is C24H21BrN2O7S. The Hall–Kier alpha value is -3.44. The van der Waals surface area contributed by atoms with Gasteiger partial charge in [0.15, 0.2) is 23.0 Å². The van der Waals surface area contributed by atoms with E-state index in [1.807, 2.05) is 6.92 Å². The molecule has 0 unspecified atom stereocenters. The minimum atomic E-state index is -0.554. The van der Waals surface area contributed by atoms with Gasteiger partial charge in [-0.25, -0.2) is 0 Å². The molecule has 0 saturated carbocycles. The minimum absolute atomic E-state index is 0.114. The number of hydrogen-bond donors (Lipinski definition) is 1. The van der Waals surface area contributed by atoms with Crippen molar-refractivity contribution in [1.82, 2.24) is 4.90 Å². The summed E-state index contributed by atoms with van der Waals surface area (Å²) in [5.41, 5.74) is 1.09. The zero-order chi connectivity index (χ0) is 24.9. The maximum atomic E-state index is 12.9. The van der Waals surface area contributed by atoms with Gasteiger partial charge >= 0.3 is 0 Å². The monoisotopic (exact) mass is 560 g/mol. The first-order valence-corrected chi connectivity index (χ1v) is 12.2. The number of rotatable bonds is 9. The number of fused-ring (bicyclic) bond motifs is 1. The standard InChI is InChI=1S/C24H21BrN2O7S/c1-3-7-32-22-16(25)8-14(9-19(22)31-4-2)10-20-23(29)27(24(30)35-20)12-21(28)26-15-5-6-17-18(11-15)34-13-33-17/h3,5-6,8-11H,1,4,7,12-13H2,2H3,(H,26,28)/b20-10+. The summed E-state index contributed by atoms with van der Waals surface area (Å²) in [6, 6.07) is 8.40. The smallest absolute Gasteiger partial charge is 0.294 e. The number of carbonyl (C=O) groups is 3. The Kier molecular flexibility index (Phi) is 7.67. The predicted molar refractivity (Wildman–Crippen MR) is 135 cm³/mol. The number of amides is 3. The Labute approximate surface area is 214 Å². The average molecular weight is 561 g/mol. The van der Waals surface area contributed by atoms with Crippen LogP contribution in [-0.2, 0) is 9.59 Å². The fourth-order valence-electron chi connectivity index (χ4n) is 3.32. The number of ether oxygens (including phenoxy) is 4. The van der Waals surface area contributed by atoms with Crippen molar-refractivity contribution in [3.05, 3.63) is 57.9 Å². The van der Waals surface area contributed by atoms with Crippen LogP contribution < -0.4 is 24.3 Å². The van der Waals surface area contributed by atoms with E-state index in [0.717, 1.165) is 16.7 Å². The molecule has 9 nitrogen and oxygen atoms in total.